The van der Waals surface area contributed by atoms with E-state index >= 15 is 0 Å². The van der Waals surface area contributed by atoms with E-state index in [0.29, 0.717) is 5.91 Å². The lowest BCUT2D eigenvalue weighted by atomic mass is 9.93. The van der Waals surface area contributed by atoms with Crippen molar-refractivity contribution in [1.29, 1.82) is 0 Å². The summed E-state index contributed by atoms with van der Waals surface area (Å²) < 4.78 is 1.89. The van der Waals surface area contributed by atoms with E-state index < -0.39 is 0 Å². The van der Waals surface area contributed by atoms with Gasteiger partial charge in [-0.2, -0.15) is 5.10 Å². The molecule has 5 heteroatoms. The number of piperidine rings is 1. The summed E-state index contributed by atoms with van der Waals surface area (Å²) in [6.45, 7) is 4.51. The van der Waals surface area contributed by atoms with Gasteiger partial charge >= 0.3 is 0 Å². The zero-order valence-electron chi connectivity index (χ0n) is 17.3. The van der Waals surface area contributed by atoms with Crippen LogP contribution >= 0.6 is 0 Å². The van der Waals surface area contributed by atoms with Crippen LogP contribution in [0.2, 0.25) is 0 Å². The number of nitrogens with zero attached hydrogens (tertiary/aromatic N) is 4. The molecule has 2 aromatic carbocycles. The fraction of sp³-hybridized carbons (Fsp3) is 0.360. The first-order valence-electron chi connectivity index (χ1n) is 10.9. The molecule has 3 aromatic rings. The number of aromatic nitrogens is 2. The van der Waals surface area contributed by atoms with Crippen LogP contribution < -0.4 is 0 Å². The summed E-state index contributed by atoms with van der Waals surface area (Å²) in [6, 6.07) is 19.0. The van der Waals surface area contributed by atoms with E-state index in [1.165, 1.54) is 16.7 Å². The number of benzene rings is 2. The SMILES string of the molecule is O=C(C1CCN(Cc2cccc(-n3cccn3)c2)CC1)N1CCc2ccccc2C1. The first-order chi connectivity index (χ1) is 14.8. The van der Waals surface area contributed by atoms with Crippen LogP contribution in [0, 0.1) is 5.92 Å². The van der Waals surface area contributed by atoms with Crippen LogP contribution in [0.1, 0.15) is 29.5 Å². The molecule has 5 nitrogen and oxygen atoms in total. The summed E-state index contributed by atoms with van der Waals surface area (Å²) in [6.07, 6.45) is 6.66. The summed E-state index contributed by atoms with van der Waals surface area (Å²) in [7, 11) is 0. The molecule has 2 aliphatic heterocycles. The van der Waals surface area contributed by atoms with Crippen LogP contribution in [0.25, 0.3) is 5.69 Å². The molecule has 1 aromatic heterocycles. The highest BCUT2D eigenvalue weighted by Gasteiger charge is 2.30. The van der Waals surface area contributed by atoms with Gasteiger partial charge in [0.1, 0.15) is 0 Å². The third kappa shape index (κ3) is 4.03. The van der Waals surface area contributed by atoms with Crippen molar-refractivity contribution in [2.24, 2.45) is 5.92 Å². The number of carbonyl (C=O) groups excluding carboxylic acids is 1. The summed E-state index contributed by atoms with van der Waals surface area (Å²) in [4.78, 5) is 17.7. The van der Waals surface area contributed by atoms with Crippen molar-refractivity contribution in [3.05, 3.63) is 83.7 Å². The Hall–Kier alpha value is -2.92. The Morgan fingerprint density at radius 1 is 0.967 bits per heavy atom. The zero-order chi connectivity index (χ0) is 20.3. The Bertz CT molecular complexity index is 1010. The quantitative estimate of drug-likeness (QED) is 0.671. The lowest BCUT2D eigenvalue weighted by Gasteiger charge is -2.36. The molecule has 0 radical (unpaired) electrons. The highest BCUT2D eigenvalue weighted by Crippen LogP contribution is 2.25. The molecule has 1 amide bonds. The third-order valence-corrected chi connectivity index (χ3v) is 6.46. The standard InChI is InChI=1S/C25H28N4O/c30-25(28-16-11-21-6-1-2-7-23(21)19-28)22-9-14-27(15-10-22)18-20-5-3-8-24(17-20)29-13-4-12-26-29/h1-8,12-13,17,22H,9-11,14-16,18-19H2. The number of likely N-dealkylation sites (tertiary alicyclic amines) is 1. The van der Waals surface area contributed by atoms with Gasteiger partial charge in [0.25, 0.3) is 0 Å². The van der Waals surface area contributed by atoms with Gasteiger partial charge in [0.05, 0.1) is 5.69 Å². The van der Waals surface area contributed by atoms with Crippen LogP contribution in [0.4, 0.5) is 0 Å². The summed E-state index contributed by atoms with van der Waals surface area (Å²) in [5.74, 6) is 0.520. The summed E-state index contributed by atoms with van der Waals surface area (Å²) >= 11 is 0. The van der Waals surface area contributed by atoms with Crippen molar-refractivity contribution in [3.63, 3.8) is 0 Å². The van der Waals surface area contributed by atoms with Crippen molar-refractivity contribution in [1.82, 2.24) is 19.6 Å². The van der Waals surface area contributed by atoms with Gasteiger partial charge in [0, 0.05) is 37.9 Å². The van der Waals surface area contributed by atoms with E-state index in [0.717, 1.165) is 57.7 Å². The van der Waals surface area contributed by atoms with Crippen molar-refractivity contribution in [2.75, 3.05) is 19.6 Å². The van der Waals surface area contributed by atoms with Crippen LogP contribution in [0.5, 0.6) is 0 Å². The molecule has 0 aliphatic carbocycles. The molecule has 30 heavy (non-hydrogen) atoms. The van der Waals surface area contributed by atoms with Gasteiger partial charge in [0.15, 0.2) is 0 Å². The highest BCUT2D eigenvalue weighted by atomic mass is 16.2. The van der Waals surface area contributed by atoms with Crippen LogP contribution in [-0.4, -0.2) is 45.1 Å². The largest absolute Gasteiger partial charge is 0.338 e. The molecule has 5 rings (SSSR count). The number of amides is 1. The van der Waals surface area contributed by atoms with Crippen LogP contribution in [0.15, 0.2) is 67.0 Å². The van der Waals surface area contributed by atoms with Crippen LogP contribution in [0.3, 0.4) is 0 Å². The summed E-state index contributed by atoms with van der Waals surface area (Å²) in [5.41, 5.74) is 5.09. The molecule has 3 heterocycles. The van der Waals surface area contributed by atoms with Gasteiger partial charge in [-0.25, -0.2) is 4.68 Å². The molecular weight excluding hydrogens is 372 g/mol. The molecule has 0 atom stereocenters. The molecular formula is C25H28N4O. The Morgan fingerprint density at radius 3 is 2.60 bits per heavy atom. The maximum Gasteiger partial charge on any atom is 0.226 e. The molecule has 154 valence electrons. The Morgan fingerprint density at radius 2 is 1.80 bits per heavy atom. The molecule has 0 unspecified atom stereocenters. The second-order valence-corrected chi connectivity index (χ2v) is 8.45. The van der Waals surface area contributed by atoms with Gasteiger partial charge in [0.2, 0.25) is 5.91 Å². The molecule has 2 aliphatic rings. The van der Waals surface area contributed by atoms with Gasteiger partial charge in [-0.1, -0.05) is 36.4 Å². The first-order valence-corrected chi connectivity index (χ1v) is 10.9. The van der Waals surface area contributed by atoms with E-state index in [1.807, 2.05) is 16.9 Å². The normalized spacial score (nSPS) is 17.7. The lowest BCUT2D eigenvalue weighted by Crippen LogP contribution is -2.44. The Balaban J connectivity index is 1.16. The highest BCUT2D eigenvalue weighted by molar-refractivity contribution is 5.79. The van der Waals surface area contributed by atoms with E-state index in [-0.39, 0.29) is 5.92 Å². The van der Waals surface area contributed by atoms with E-state index in [9.17, 15) is 4.79 Å². The molecule has 0 bridgehead atoms. The average Bonchev–Trinajstić information content (AvgIpc) is 3.34. The fourth-order valence-corrected chi connectivity index (χ4v) is 4.76. The first kappa shape index (κ1) is 19.1. The minimum Gasteiger partial charge on any atom is -0.338 e. The molecule has 0 saturated carbocycles. The molecule has 1 saturated heterocycles. The van der Waals surface area contributed by atoms with Crippen molar-refractivity contribution >= 4 is 5.91 Å². The average molecular weight is 401 g/mol. The molecule has 1 fully saturated rings. The predicted octanol–water partition coefficient (Wildman–Crippen LogP) is 3.67. The Kier molecular flexibility index (Phi) is 5.37. The van der Waals surface area contributed by atoms with E-state index in [2.05, 4.69) is 63.4 Å². The second kappa shape index (κ2) is 8.44. The molecule has 0 spiro atoms. The second-order valence-electron chi connectivity index (χ2n) is 8.45. The van der Waals surface area contributed by atoms with E-state index in [4.69, 9.17) is 0 Å². The van der Waals surface area contributed by atoms with Gasteiger partial charge in [-0.3, -0.25) is 9.69 Å². The van der Waals surface area contributed by atoms with Gasteiger partial charge in [-0.15, -0.1) is 0 Å². The predicted molar refractivity (Wildman–Crippen MR) is 117 cm³/mol. The third-order valence-electron chi connectivity index (χ3n) is 6.46. The summed E-state index contributed by atoms with van der Waals surface area (Å²) in [5, 5.41) is 4.32. The van der Waals surface area contributed by atoms with Gasteiger partial charge in [-0.05, 0) is 67.2 Å². The number of hydrogen-bond donors (Lipinski definition) is 0. The van der Waals surface area contributed by atoms with Crippen LogP contribution in [-0.2, 0) is 24.3 Å². The topological polar surface area (TPSA) is 41.4 Å². The maximum atomic E-state index is 13.1. The lowest BCUT2D eigenvalue weighted by molar-refractivity contribution is -0.138. The number of rotatable bonds is 4. The smallest absolute Gasteiger partial charge is 0.226 e. The van der Waals surface area contributed by atoms with Gasteiger partial charge < -0.3 is 4.90 Å². The molecule has 0 N–H and O–H groups in total. The minimum absolute atomic E-state index is 0.168. The van der Waals surface area contributed by atoms with E-state index in [1.54, 1.807) is 6.20 Å². The minimum atomic E-state index is 0.168. The van der Waals surface area contributed by atoms with Crippen molar-refractivity contribution in [2.45, 2.75) is 32.4 Å². The van der Waals surface area contributed by atoms with Crippen molar-refractivity contribution in [3.8, 4) is 5.69 Å². The monoisotopic (exact) mass is 400 g/mol. The number of carbonyl (C=O) groups is 1. The number of fused-ring (bicyclic) bond motifs is 1. The fourth-order valence-electron chi connectivity index (χ4n) is 4.76. The Labute approximate surface area is 177 Å². The van der Waals surface area contributed by atoms with Crippen molar-refractivity contribution < 1.29 is 4.79 Å². The maximum absolute atomic E-state index is 13.1. The zero-order valence-corrected chi connectivity index (χ0v) is 17.3. The number of hydrogen-bond acceptors (Lipinski definition) is 3.